The van der Waals surface area contributed by atoms with Gasteiger partial charge in [-0.2, -0.15) is 0 Å². The van der Waals surface area contributed by atoms with Crippen LogP contribution < -0.4 is 9.47 Å². The van der Waals surface area contributed by atoms with Crippen LogP contribution in [0.1, 0.15) is 37.8 Å². The Labute approximate surface area is 177 Å². The molecule has 0 saturated carbocycles. The van der Waals surface area contributed by atoms with Gasteiger partial charge in [-0.15, -0.1) is 0 Å². The van der Waals surface area contributed by atoms with E-state index in [1.54, 1.807) is 13.8 Å². The van der Waals surface area contributed by atoms with E-state index in [0.717, 1.165) is 11.1 Å². The number of esters is 2. The number of carbonyl (C=O) groups excluding carboxylic acids is 2. The average Bonchev–Trinajstić information content (AvgIpc) is 2.74. The zero-order chi connectivity index (χ0) is 21.6. The molecule has 0 aliphatic rings. The quantitative estimate of drug-likeness (QED) is 0.377. The largest absolute Gasteiger partial charge is 0.493 e. The lowest BCUT2D eigenvalue weighted by atomic mass is 10.1. The smallest absolute Gasteiger partial charge is 0.309 e. The van der Waals surface area contributed by atoms with Gasteiger partial charge in [0.15, 0.2) is 0 Å². The van der Waals surface area contributed by atoms with Crippen LogP contribution in [0.3, 0.4) is 0 Å². The molecule has 0 N–H and O–H groups in total. The van der Waals surface area contributed by atoms with E-state index in [9.17, 15) is 9.59 Å². The highest BCUT2D eigenvalue weighted by molar-refractivity contribution is 5.71. The topological polar surface area (TPSA) is 71.1 Å². The summed E-state index contributed by atoms with van der Waals surface area (Å²) in [5.74, 6) is 0.904. The molecule has 0 aromatic heterocycles. The van der Waals surface area contributed by atoms with E-state index in [4.69, 9.17) is 18.9 Å². The van der Waals surface area contributed by atoms with Gasteiger partial charge in [-0.1, -0.05) is 36.4 Å². The van der Waals surface area contributed by atoms with E-state index in [1.165, 1.54) is 0 Å². The first-order valence-corrected chi connectivity index (χ1v) is 10.1. The van der Waals surface area contributed by atoms with E-state index in [0.29, 0.717) is 37.9 Å². The van der Waals surface area contributed by atoms with Crippen LogP contribution >= 0.6 is 0 Å². The van der Waals surface area contributed by atoms with Gasteiger partial charge in [-0.3, -0.25) is 9.59 Å². The molecule has 0 unspecified atom stereocenters. The molecule has 0 atom stereocenters. The van der Waals surface area contributed by atoms with Crippen molar-refractivity contribution >= 4 is 24.1 Å². The number of rotatable bonds is 12. The normalized spacial score (nSPS) is 10.6. The fourth-order valence-electron chi connectivity index (χ4n) is 2.51. The van der Waals surface area contributed by atoms with Crippen molar-refractivity contribution in [3.8, 4) is 11.5 Å². The lowest BCUT2D eigenvalue weighted by molar-refractivity contribution is -0.144. The molecule has 0 bridgehead atoms. The zero-order valence-electron chi connectivity index (χ0n) is 17.5. The lowest BCUT2D eigenvalue weighted by Crippen LogP contribution is -2.09. The van der Waals surface area contributed by atoms with Crippen molar-refractivity contribution in [2.24, 2.45) is 0 Å². The second kappa shape index (κ2) is 13.0. The summed E-state index contributed by atoms with van der Waals surface area (Å²) in [6.45, 7) is 4.91. The molecule has 2 rings (SSSR count). The number of ether oxygens (including phenoxy) is 4. The van der Waals surface area contributed by atoms with Crippen molar-refractivity contribution < 1.29 is 28.5 Å². The third-order valence-corrected chi connectivity index (χ3v) is 3.99. The molecule has 2 aromatic carbocycles. The molecule has 0 saturated heterocycles. The maximum absolute atomic E-state index is 11.3. The van der Waals surface area contributed by atoms with Gasteiger partial charge < -0.3 is 18.9 Å². The Kier molecular flexibility index (Phi) is 10.00. The van der Waals surface area contributed by atoms with Gasteiger partial charge >= 0.3 is 11.9 Å². The van der Waals surface area contributed by atoms with E-state index < -0.39 is 0 Å². The van der Waals surface area contributed by atoms with Crippen LogP contribution in [0.2, 0.25) is 0 Å². The minimum absolute atomic E-state index is 0.234. The molecule has 0 heterocycles. The Morgan fingerprint density at radius 1 is 0.667 bits per heavy atom. The molecule has 6 nitrogen and oxygen atoms in total. The van der Waals surface area contributed by atoms with Crippen LogP contribution in [-0.2, 0) is 19.1 Å². The molecule has 0 aliphatic carbocycles. The van der Waals surface area contributed by atoms with E-state index in [2.05, 4.69) is 0 Å². The fourth-order valence-corrected chi connectivity index (χ4v) is 2.51. The maximum atomic E-state index is 11.3. The van der Waals surface area contributed by atoms with Gasteiger partial charge in [0.05, 0.1) is 39.3 Å². The first-order chi connectivity index (χ1) is 14.6. The van der Waals surface area contributed by atoms with Gasteiger partial charge in [0.1, 0.15) is 11.5 Å². The Morgan fingerprint density at radius 3 is 1.37 bits per heavy atom. The predicted octanol–water partition coefficient (Wildman–Crippen LogP) is 4.52. The Hall–Kier alpha value is -3.28. The first kappa shape index (κ1) is 23.0. The highest BCUT2D eigenvalue weighted by atomic mass is 16.5. The molecule has 0 aliphatic heterocycles. The summed E-state index contributed by atoms with van der Waals surface area (Å²) in [5, 5.41) is 0. The van der Waals surface area contributed by atoms with Crippen molar-refractivity contribution in [2.45, 2.75) is 26.7 Å². The van der Waals surface area contributed by atoms with E-state index >= 15 is 0 Å². The standard InChI is InChI=1S/C24H28O6/c1-3-27-23(25)15-17-29-21-11-7-19(8-12-21)5-6-20-9-13-22(14-10-20)30-18-16-24(26)28-4-2/h5-14H,3-4,15-18H2,1-2H3/b6-5+. The summed E-state index contributed by atoms with van der Waals surface area (Å²) in [6, 6.07) is 15.3. The summed E-state index contributed by atoms with van der Waals surface area (Å²) >= 11 is 0. The number of carbonyl (C=O) groups is 2. The van der Waals surface area contributed by atoms with Gasteiger partial charge in [0.25, 0.3) is 0 Å². The van der Waals surface area contributed by atoms with Crippen molar-refractivity contribution in [3.63, 3.8) is 0 Å². The second-order valence-electron chi connectivity index (χ2n) is 6.28. The van der Waals surface area contributed by atoms with Crippen molar-refractivity contribution in [1.82, 2.24) is 0 Å². The van der Waals surface area contributed by atoms with Gasteiger partial charge in [-0.05, 0) is 49.2 Å². The third kappa shape index (κ3) is 8.82. The highest BCUT2D eigenvalue weighted by Crippen LogP contribution is 2.17. The minimum atomic E-state index is -0.257. The highest BCUT2D eigenvalue weighted by Gasteiger charge is 2.03. The Morgan fingerprint density at radius 2 is 1.03 bits per heavy atom. The predicted molar refractivity (Wildman–Crippen MR) is 115 cm³/mol. The van der Waals surface area contributed by atoms with E-state index in [-0.39, 0.29) is 24.8 Å². The summed E-state index contributed by atoms with van der Waals surface area (Å²) in [6.07, 6.45) is 4.47. The van der Waals surface area contributed by atoms with Gasteiger partial charge in [-0.25, -0.2) is 0 Å². The van der Waals surface area contributed by atoms with Crippen LogP contribution in [0.15, 0.2) is 48.5 Å². The van der Waals surface area contributed by atoms with Crippen LogP contribution in [0.25, 0.3) is 12.2 Å². The first-order valence-electron chi connectivity index (χ1n) is 10.1. The molecule has 0 spiro atoms. The lowest BCUT2D eigenvalue weighted by Gasteiger charge is -2.06. The summed E-state index contributed by atoms with van der Waals surface area (Å²) in [7, 11) is 0. The molecule has 160 valence electrons. The third-order valence-electron chi connectivity index (χ3n) is 3.99. The van der Waals surface area contributed by atoms with Gasteiger partial charge in [0, 0.05) is 0 Å². The Balaban J connectivity index is 1.77. The molecular weight excluding hydrogens is 384 g/mol. The number of benzene rings is 2. The van der Waals surface area contributed by atoms with Crippen molar-refractivity contribution in [2.75, 3.05) is 26.4 Å². The zero-order valence-corrected chi connectivity index (χ0v) is 17.5. The number of hydrogen-bond donors (Lipinski definition) is 0. The van der Waals surface area contributed by atoms with Crippen LogP contribution in [0.4, 0.5) is 0 Å². The van der Waals surface area contributed by atoms with Crippen molar-refractivity contribution in [3.05, 3.63) is 59.7 Å². The summed E-state index contributed by atoms with van der Waals surface area (Å²) in [4.78, 5) is 22.6. The molecule has 0 fully saturated rings. The monoisotopic (exact) mass is 412 g/mol. The van der Waals surface area contributed by atoms with Crippen LogP contribution in [0.5, 0.6) is 11.5 Å². The summed E-state index contributed by atoms with van der Waals surface area (Å²) < 4.78 is 20.8. The van der Waals surface area contributed by atoms with Crippen molar-refractivity contribution in [1.29, 1.82) is 0 Å². The average molecular weight is 412 g/mol. The van der Waals surface area contributed by atoms with Crippen LogP contribution in [0, 0.1) is 0 Å². The SMILES string of the molecule is CCOC(=O)CCOc1ccc(/C=C/c2ccc(OCCC(=O)OCC)cc2)cc1. The molecule has 2 aromatic rings. The molecule has 0 amide bonds. The minimum Gasteiger partial charge on any atom is -0.493 e. The van der Waals surface area contributed by atoms with Crippen LogP contribution in [-0.4, -0.2) is 38.4 Å². The maximum Gasteiger partial charge on any atom is 0.309 e. The Bertz CT molecular complexity index is 739. The van der Waals surface area contributed by atoms with E-state index in [1.807, 2.05) is 60.7 Å². The van der Waals surface area contributed by atoms with Gasteiger partial charge in [0.2, 0.25) is 0 Å². The molecule has 6 heteroatoms. The molecule has 30 heavy (non-hydrogen) atoms. The molecular formula is C24H28O6. The fraction of sp³-hybridized carbons (Fsp3) is 0.333. The number of hydrogen-bond acceptors (Lipinski definition) is 6. The summed E-state index contributed by atoms with van der Waals surface area (Å²) in [5.41, 5.74) is 2.06. The second-order valence-corrected chi connectivity index (χ2v) is 6.28. The molecule has 0 radical (unpaired) electrons.